The number of hydrogen-bond donors (Lipinski definition) is 1. The topological polar surface area (TPSA) is 29.1 Å². The molecular formula is C20H25NOS. The molecule has 1 aromatic carbocycles. The number of benzene rings is 1. The van der Waals surface area contributed by atoms with E-state index in [0.717, 1.165) is 23.3 Å². The zero-order valence-corrected chi connectivity index (χ0v) is 14.6. The van der Waals surface area contributed by atoms with Gasteiger partial charge in [-0.3, -0.25) is 4.79 Å². The van der Waals surface area contributed by atoms with Crippen molar-refractivity contribution >= 4 is 23.7 Å². The summed E-state index contributed by atoms with van der Waals surface area (Å²) in [4.78, 5) is 13.7. The van der Waals surface area contributed by atoms with E-state index in [-0.39, 0.29) is 11.4 Å². The van der Waals surface area contributed by atoms with E-state index in [2.05, 4.69) is 35.8 Å². The molecule has 4 saturated carbocycles. The SMILES string of the molecule is CSc1ccc(/C=C/C(=O)NC23CC4CC(CC(C4)C2)C3)cc1. The molecule has 3 heteroatoms. The minimum atomic E-state index is 0.0842. The van der Waals surface area contributed by atoms with E-state index < -0.39 is 0 Å². The van der Waals surface area contributed by atoms with Crippen LogP contribution in [-0.4, -0.2) is 17.7 Å². The summed E-state index contributed by atoms with van der Waals surface area (Å²) >= 11 is 1.74. The average Bonchev–Trinajstić information content (AvgIpc) is 2.51. The predicted octanol–water partition coefficient (Wildman–Crippen LogP) is 4.51. The third-order valence-electron chi connectivity index (χ3n) is 5.97. The Balaban J connectivity index is 1.40. The Morgan fingerprint density at radius 1 is 1.09 bits per heavy atom. The molecule has 4 aliphatic carbocycles. The first-order chi connectivity index (χ1) is 11.1. The van der Waals surface area contributed by atoms with Crippen molar-refractivity contribution in [1.82, 2.24) is 5.32 Å². The highest BCUT2D eigenvalue weighted by atomic mass is 32.2. The fourth-order valence-corrected chi connectivity index (χ4v) is 5.86. The second kappa shape index (κ2) is 6.01. The fraction of sp³-hybridized carbons (Fsp3) is 0.550. The van der Waals surface area contributed by atoms with Gasteiger partial charge in [0.15, 0.2) is 0 Å². The average molecular weight is 327 g/mol. The van der Waals surface area contributed by atoms with Crippen LogP contribution in [0.3, 0.4) is 0 Å². The van der Waals surface area contributed by atoms with E-state index in [1.807, 2.05) is 6.08 Å². The van der Waals surface area contributed by atoms with Crippen molar-refractivity contribution in [2.24, 2.45) is 17.8 Å². The van der Waals surface area contributed by atoms with Gasteiger partial charge in [-0.2, -0.15) is 0 Å². The van der Waals surface area contributed by atoms with Crippen molar-refractivity contribution in [2.75, 3.05) is 6.26 Å². The van der Waals surface area contributed by atoms with E-state index in [1.165, 1.54) is 43.4 Å². The van der Waals surface area contributed by atoms with Crippen LogP contribution in [0.2, 0.25) is 0 Å². The summed E-state index contributed by atoms with van der Waals surface area (Å²) in [5.74, 6) is 2.68. The molecule has 0 unspecified atom stereocenters. The van der Waals surface area contributed by atoms with Crippen LogP contribution in [0.4, 0.5) is 0 Å². The Labute approximate surface area is 143 Å². The van der Waals surface area contributed by atoms with Crippen LogP contribution in [0.1, 0.15) is 44.1 Å². The lowest BCUT2D eigenvalue weighted by atomic mass is 9.53. The molecule has 0 aromatic heterocycles. The van der Waals surface area contributed by atoms with Gasteiger partial charge in [0.1, 0.15) is 0 Å². The third kappa shape index (κ3) is 3.21. The standard InChI is InChI=1S/C20H25NOS/c1-23-18-5-2-14(3-6-18)4-7-19(22)21-20-11-15-8-16(12-20)10-17(9-15)13-20/h2-7,15-17H,8-13H2,1H3,(H,21,22)/b7-4+. The Hall–Kier alpha value is -1.22. The smallest absolute Gasteiger partial charge is 0.244 e. The highest BCUT2D eigenvalue weighted by Gasteiger charge is 2.51. The molecule has 1 aromatic rings. The third-order valence-corrected chi connectivity index (χ3v) is 6.71. The van der Waals surface area contributed by atoms with E-state index in [4.69, 9.17) is 0 Å². The monoisotopic (exact) mass is 327 g/mol. The molecule has 0 aliphatic heterocycles. The molecule has 0 heterocycles. The minimum absolute atomic E-state index is 0.0842. The Kier molecular flexibility index (Phi) is 4.00. The number of hydrogen-bond acceptors (Lipinski definition) is 2. The number of nitrogens with one attached hydrogen (secondary N) is 1. The van der Waals surface area contributed by atoms with Crippen LogP contribution in [0.25, 0.3) is 6.08 Å². The largest absolute Gasteiger partial charge is 0.347 e. The molecule has 1 N–H and O–H groups in total. The van der Waals surface area contributed by atoms with Gasteiger partial charge in [-0.25, -0.2) is 0 Å². The lowest BCUT2D eigenvalue weighted by molar-refractivity contribution is -0.122. The summed E-state index contributed by atoms with van der Waals surface area (Å²) < 4.78 is 0. The summed E-state index contributed by atoms with van der Waals surface area (Å²) in [7, 11) is 0. The van der Waals surface area contributed by atoms with Gasteiger partial charge in [0.2, 0.25) is 5.91 Å². The van der Waals surface area contributed by atoms with Crippen LogP contribution >= 0.6 is 11.8 Å². The van der Waals surface area contributed by atoms with Gasteiger partial charge in [-0.15, -0.1) is 11.8 Å². The van der Waals surface area contributed by atoms with Gasteiger partial charge in [0.25, 0.3) is 0 Å². The van der Waals surface area contributed by atoms with Crippen LogP contribution in [-0.2, 0) is 4.79 Å². The summed E-state index contributed by atoms with van der Waals surface area (Å²) in [6.07, 6.45) is 13.6. The van der Waals surface area contributed by atoms with Crippen LogP contribution < -0.4 is 5.32 Å². The van der Waals surface area contributed by atoms with Gasteiger partial charge < -0.3 is 5.32 Å². The maximum atomic E-state index is 12.4. The summed E-state index contributed by atoms with van der Waals surface area (Å²) in [5.41, 5.74) is 1.20. The molecule has 2 nitrogen and oxygen atoms in total. The number of amides is 1. The number of thioether (sulfide) groups is 1. The molecule has 122 valence electrons. The second-order valence-corrected chi connectivity index (χ2v) is 8.67. The molecule has 0 radical (unpaired) electrons. The Morgan fingerprint density at radius 2 is 1.65 bits per heavy atom. The fourth-order valence-electron chi connectivity index (χ4n) is 5.45. The zero-order valence-electron chi connectivity index (χ0n) is 13.8. The van der Waals surface area contributed by atoms with E-state index >= 15 is 0 Å². The van der Waals surface area contributed by atoms with E-state index in [9.17, 15) is 4.79 Å². The van der Waals surface area contributed by atoms with Gasteiger partial charge in [0.05, 0.1) is 0 Å². The second-order valence-electron chi connectivity index (χ2n) is 7.79. The Bertz CT molecular complexity index is 584. The van der Waals surface area contributed by atoms with Crippen molar-refractivity contribution in [3.63, 3.8) is 0 Å². The highest BCUT2D eigenvalue weighted by Crippen LogP contribution is 2.55. The molecule has 0 atom stereocenters. The van der Waals surface area contributed by atoms with Crippen molar-refractivity contribution in [1.29, 1.82) is 0 Å². The molecule has 0 saturated heterocycles. The lowest BCUT2D eigenvalue weighted by Crippen LogP contribution is -2.59. The molecular weight excluding hydrogens is 302 g/mol. The van der Waals surface area contributed by atoms with Gasteiger partial charge in [-0.1, -0.05) is 12.1 Å². The van der Waals surface area contributed by atoms with Crippen LogP contribution in [0.15, 0.2) is 35.2 Å². The molecule has 4 bridgehead atoms. The molecule has 23 heavy (non-hydrogen) atoms. The molecule has 4 fully saturated rings. The van der Waals surface area contributed by atoms with Gasteiger partial charge in [0, 0.05) is 16.5 Å². The molecule has 0 spiro atoms. The summed E-state index contributed by atoms with van der Waals surface area (Å²) in [5, 5.41) is 3.39. The zero-order chi connectivity index (χ0) is 15.9. The van der Waals surface area contributed by atoms with Crippen LogP contribution in [0, 0.1) is 17.8 Å². The van der Waals surface area contributed by atoms with Crippen molar-refractivity contribution < 1.29 is 4.79 Å². The first-order valence-electron chi connectivity index (χ1n) is 8.78. The van der Waals surface area contributed by atoms with Crippen molar-refractivity contribution in [3.8, 4) is 0 Å². The van der Waals surface area contributed by atoms with Crippen LogP contribution in [0.5, 0.6) is 0 Å². The first-order valence-corrected chi connectivity index (χ1v) is 10.0. The van der Waals surface area contributed by atoms with E-state index in [1.54, 1.807) is 17.8 Å². The summed E-state index contributed by atoms with van der Waals surface area (Å²) in [6, 6.07) is 8.34. The number of carbonyl (C=O) groups excluding carboxylic acids is 1. The quantitative estimate of drug-likeness (QED) is 0.651. The molecule has 4 aliphatic rings. The number of rotatable bonds is 4. The highest BCUT2D eigenvalue weighted by molar-refractivity contribution is 7.98. The van der Waals surface area contributed by atoms with Crippen molar-refractivity contribution in [3.05, 3.63) is 35.9 Å². The maximum absolute atomic E-state index is 12.4. The summed E-state index contributed by atoms with van der Waals surface area (Å²) in [6.45, 7) is 0. The molecule has 5 rings (SSSR count). The Morgan fingerprint density at radius 3 is 2.17 bits per heavy atom. The first kappa shape index (κ1) is 15.3. The van der Waals surface area contributed by atoms with Gasteiger partial charge >= 0.3 is 0 Å². The normalized spacial score (nSPS) is 34.9. The minimum Gasteiger partial charge on any atom is -0.347 e. The van der Waals surface area contributed by atoms with E-state index in [0.29, 0.717) is 0 Å². The molecule has 1 amide bonds. The predicted molar refractivity (Wildman–Crippen MR) is 96.3 cm³/mol. The van der Waals surface area contributed by atoms with Gasteiger partial charge in [-0.05, 0) is 86.3 Å². The van der Waals surface area contributed by atoms with Crippen molar-refractivity contribution in [2.45, 2.75) is 49.0 Å². The maximum Gasteiger partial charge on any atom is 0.244 e. The number of carbonyl (C=O) groups is 1. The lowest BCUT2D eigenvalue weighted by Gasteiger charge is -2.56.